The lowest BCUT2D eigenvalue weighted by molar-refractivity contribution is 1.31. The second kappa shape index (κ2) is 2.08. The molecule has 0 aliphatic rings. The maximum absolute atomic E-state index is 5.27. The highest BCUT2D eigenvalue weighted by atomic mass is 35.5. The Morgan fingerprint density at radius 1 is 1.50 bits per heavy atom. The predicted molar refractivity (Wildman–Crippen MR) is 28.4 cm³/mol. The fourth-order valence-corrected chi connectivity index (χ4v) is 0. The zero-order valence-corrected chi connectivity index (χ0v) is 4.71. The van der Waals surface area contributed by atoms with E-state index in [1.54, 1.807) is 0 Å². The molecule has 0 unspecified atom stereocenters. The molecule has 6 heavy (non-hydrogen) atoms. The van der Waals surface area contributed by atoms with Crippen molar-refractivity contribution in [3.05, 3.63) is 10.7 Å². The van der Waals surface area contributed by atoms with Crippen LogP contribution < -0.4 is 5.73 Å². The summed E-state index contributed by atoms with van der Waals surface area (Å²) in [5, 5.41) is 0.398. The van der Waals surface area contributed by atoms with Crippen molar-refractivity contribution in [3.8, 4) is 0 Å². The highest BCUT2D eigenvalue weighted by molar-refractivity contribution is 6.29. The van der Waals surface area contributed by atoms with Gasteiger partial charge in [-0.3, -0.25) is 0 Å². The Hall–Kier alpha value is -0.170. The molecule has 0 amide bonds. The molecule has 0 aliphatic heterocycles. The summed E-state index contributed by atoms with van der Waals surface area (Å²) in [6.07, 6.45) is 0. The van der Waals surface area contributed by atoms with E-state index in [4.69, 9.17) is 17.3 Å². The first kappa shape index (κ1) is 5.83. The molecule has 0 bridgehead atoms. The van der Waals surface area contributed by atoms with Crippen LogP contribution in [-0.2, 0) is 0 Å². The van der Waals surface area contributed by atoms with Crippen LogP contribution in [0.5, 0.6) is 0 Å². The Balaban J connectivity index is 3.68. The summed E-state index contributed by atoms with van der Waals surface area (Å²) in [5.41, 5.74) is 6.05. The van der Waals surface area contributed by atoms with Crippen LogP contribution in [0.4, 0.5) is 0 Å². The minimum absolute atomic E-state index is 0.398. The molecular weight excluding hydrogens is 97.5 g/mol. The molecule has 0 rings (SSSR count). The van der Waals surface area contributed by atoms with Crippen molar-refractivity contribution < 1.29 is 0 Å². The molecule has 0 atom stereocenters. The average molecular weight is 106 g/mol. The van der Waals surface area contributed by atoms with Crippen LogP contribution in [0.25, 0.3) is 0 Å². The van der Waals surface area contributed by atoms with Crippen LogP contribution in [-0.4, -0.2) is 0 Å². The number of hydrogen-bond donors (Lipinski definition) is 1. The maximum atomic E-state index is 5.27. The topological polar surface area (TPSA) is 26.0 Å². The molecule has 0 aliphatic carbocycles. The minimum Gasteiger partial charge on any atom is -0.390 e. The van der Waals surface area contributed by atoms with Gasteiger partial charge in [0.05, 0.1) is 5.16 Å². The Morgan fingerprint density at radius 2 is 1.67 bits per heavy atom. The number of hydrogen-bond acceptors (Lipinski definition) is 1. The zero-order valence-electron chi connectivity index (χ0n) is 3.96. The summed E-state index contributed by atoms with van der Waals surface area (Å²) in [7, 11) is 0. The van der Waals surface area contributed by atoms with E-state index in [9.17, 15) is 0 Å². The fourth-order valence-electron chi connectivity index (χ4n) is 0. The highest BCUT2D eigenvalue weighted by Crippen LogP contribution is 1.97. The summed E-state index contributed by atoms with van der Waals surface area (Å²) < 4.78 is 0. The van der Waals surface area contributed by atoms with Crippen LogP contribution >= 0.6 is 11.6 Å². The van der Waals surface area contributed by atoms with Gasteiger partial charge in [0.15, 0.2) is 0 Å². The van der Waals surface area contributed by atoms with Gasteiger partial charge in [0, 0.05) is 0 Å². The Morgan fingerprint density at radius 3 is 1.67 bits per heavy atom. The number of rotatable bonds is 0. The van der Waals surface area contributed by atoms with Gasteiger partial charge in [-0.1, -0.05) is 11.6 Å². The Labute approximate surface area is 42.8 Å². The van der Waals surface area contributed by atoms with Gasteiger partial charge in [-0.25, -0.2) is 0 Å². The largest absolute Gasteiger partial charge is 0.390 e. The van der Waals surface area contributed by atoms with Gasteiger partial charge in [-0.2, -0.15) is 0 Å². The third kappa shape index (κ3) is 2.09. The lowest BCUT2D eigenvalue weighted by Gasteiger charge is -1.85. The monoisotopic (exact) mass is 105 g/mol. The molecule has 1 nitrogen and oxygen atoms in total. The van der Waals surface area contributed by atoms with Gasteiger partial charge in [0.2, 0.25) is 0 Å². The van der Waals surface area contributed by atoms with Crippen molar-refractivity contribution in [1.29, 1.82) is 0 Å². The van der Waals surface area contributed by atoms with Crippen molar-refractivity contribution in [2.24, 2.45) is 5.73 Å². The molecule has 0 radical (unpaired) electrons. The second-order valence-electron chi connectivity index (χ2n) is 1.35. The smallest absolute Gasteiger partial charge is 0.0978 e. The van der Waals surface area contributed by atoms with Gasteiger partial charge >= 0.3 is 0 Å². The van der Waals surface area contributed by atoms with E-state index in [0.29, 0.717) is 5.16 Å². The molecule has 0 fully saturated rings. The lowest BCUT2D eigenvalue weighted by atomic mass is 10.4. The van der Waals surface area contributed by atoms with E-state index in [1.807, 2.05) is 13.8 Å². The van der Waals surface area contributed by atoms with E-state index in [-0.39, 0.29) is 0 Å². The Kier molecular flexibility index (Phi) is 2.03. The minimum atomic E-state index is 0.398. The third-order valence-electron chi connectivity index (χ3n) is 0.478. The van der Waals surface area contributed by atoms with Crippen molar-refractivity contribution >= 4 is 11.6 Å². The molecule has 36 valence electrons. The van der Waals surface area contributed by atoms with Gasteiger partial charge in [-0.05, 0) is 19.4 Å². The molecule has 0 heterocycles. The first-order valence-corrected chi connectivity index (χ1v) is 2.11. The SMILES string of the molecule is CC(C)=C(N)Cl. The van der Waals surface area contributed by atoms with Gasteiger partial charge in [-0.15, -0.1) is 0 Å². The quantitative estimate of drug-likeness (QED) is 0.464. The molecule has 0 aromatic rings. The van der Waals surface area contributed by atoms with Gasteiger partial charge < -0.3 is 5.73 Å². The normalized spacial score (nSPS) is 7.83. The van der Waals surface area contributed by atoms with E-state index in [2.05, 4.69) is 0 Å². The number of nitrogens with two attached hydrogens (primary N) is 1. The van der Waals surface area contributed by atoms with Crippen LogP contribution in [0.15, 0.2) is 10.7 Å². The molecule has 0 aromatic carbocycles. The van der Waals surface area contributed by atoms with Crippen LogP contribution in [0.3, 0.4) is 0 Å². The molecule has 0 spiro atoms. The van der Waals surface area contributed by atoms with E-state index >= 15 is 0 Å². The number of halogens is 1. The fraction of sp³-hybridized carbons (Fsp3) is 0.500. The summed E-state index contributed by atoms with van der Waals surface area (Å²) >= 11 is 5.27. The number of allylic oxidation sites excluding steroid dienone is 1. The van der Waals surface area contributed by atoms with Gasteiger partial charge in [0.25, 0.3) is 0 Å². The summed E-state index contributed by atoms with van der Waals surface area (Å²) in [5.74, 6) is 0. The summed E-state index contributed by atoms with van der Waals surface area (Å²) in [6.45, 7) is 3.73. The summed E-state index contributed by atoms with van der Waals surface area (Å²) in [4.78, 5) is 0. The second-order valence-corrected chi connectivity index (χ2v) is 1.76. The molecule has 0 saturated heterocycles. The summed E-state index contributed by atoms with van der Waals surface area (Å²) in [6, 6.07) is 0. The van der Waals surface area contributed by atoms with Crippen LogP contribution in [0, 0.1) is 0 Å². The maximum Gasteiger partial charge on any atom is 0.0978 e. The van der Waals surface area contributed by atoms with Crippen LogP contribution in [0.1, 0.15) is 13.8 Å². The molecule has 0 saturated carbocycles. The van der Waals surface area contributed by atoms with E-state index < -0.39 is 0 Å². The van der Waals surface area contributed by atoms with E-state index in [0.717, 1.165) is 5.57 Å². The first-order chi connectivity index (χ1) is 2.64. The third-order valence-corrected chi connectivity index (χ3v) is 0.856. The van der Waals surface area contributed by atoms with Crippen molar-refractivity contribution in [1.82, 2.24) is 0 Å². The molecule has 0 aromatic heterocycles. The van der Waals surface area contributed by atoms with Crippen molar-refractivity contribution in [2.45, 2.75) is 13.8 Å². The van der Waals surface area contributed by atoms with Crippen LogP contribution in [0.2, 0.25) is 0 Å². The zero-order chi connectivity index (χ0) is 5.15. The predicted octanol–water partition coefficient (Wildman–Crippen LogP) is 1.44. The molecular formula is C4H8ClN. The van der Waals surface area contributed by atoms with Crippen molar-refractivity contribution in [2.75, 3.05) is 0 Å². The standard InChI is InChI=1S/C4H8ClN/c1-3(2)4(5)6/h6H2,1-2H3. The van der Waals surface area contributed by atoms with E-state index in [1.165, 1.54) is 0 Å². The molecule has 2 N–H and O–H groups in total. The first-order valence-electron chi connectivity index (χ1n) is 1.73. The van der Waals surface area contributed by atoms with Crippen molar-refractivity contribution in [3.63, 3.8) is 0 Å². The average Bonchev–Trinajstić information content (AvgIpc) is 1.36. The molecule has 2 heteroatoms. The Bertz CT molecular complexity index is 57.6. The highest BCUT2D eigenvalue weighted by Gasteiger charge is 1.79. The van der Waals surface area contributed by atoms with Gasteiger partial charge in [0.1, 0.15) is 0 Å². The lowest BCUT2D eigenvalue weighted by Crippen LogP contribution is -1.88.